The minimum Gasteiger partial charge on any atom is -0.481 e. The highest BCUT2D eigenvalue weighted by Gasteiger charge is 2.10. The van der Waals surface area contributed by atoms with E-state index in [9.17, 15) is 4.79 Å². The molecule has 0 aromatic heterocycles. The molecule has 0 saturated carbocycles. The summed E-state index contributed by atoms with van der Waals surface area (Å²) in [7, 11) is 1.97. The first-order chi connectivity index (χ1) is 7.59. The average Bonchev–Trinajstić information content (AvgIpc) is 2.27. The van der Waals surface area contributed by atoms with Gasteiger partial charge in [-0.1, -0.05) is 30.3 Å². The molecule has 0 radical (unpaired) electrons. The number of benzene rings is 1. The topological polar surface area (TPSA) is 40.5 Å². The van der Waals surface area contributed by atoms with E-state index in [0.717, 1.165) is 6.42 Å². The van der Waals surface area contributed by atoms with Crippen LogP contribution in [0.3, 0.4) is 0 Å². The van der Waals surface area contributed by atoms with Gasteiger partial charge in [-0.25, -0.2) is 0 Å². The van der Waals surface area contributed by atoms with Crippen molar-refractivity contribution in [1.29, 1.82) is 0 Å². The lowest BCUT2D eigenvalue weighted by Gasteiger charge is -2.24. The van der Waals surface area contributed by atoms with E-state index < -0.39 is 5.97 Å². The number of aliphatic carboxylic acids is 1. The normalized spacial score (nSPS) is 12.7. The number of carbonyl (C=O) groups is 1. The van der Waals surface area contributed by atoms with Gasteiger partial charge in [0.2, 0.25) is 0 Å². The predicted molar refractivity (Wildman–Crippen MR) is 64.5 cm³/mol. The van der Waals surface area contributed by atoms with E-state index in [1.807, 2.05) is 25.2 Å². The van der Waals surface area contributed by atoms with Crippen molar-refractivity contribution in [2.24, 2.45) is 0 Å². The summed E-state index contributed by atoms with van der Waals surface area (Å²) < 4.78 is 0. The summed E-state index contributed by atoms with van der Waals surface area (Å²) in [5.41, 5.74) is 1.29. The van der Waals surface area contributed by atoms with E-state index >= 15 is 0 Å². The average molecular weight is 221 g/mol. The van der Waals surface area contributed by atoms with Crippen LogP contribution in [-0.4, -0.2) is 35.6 Å². The molecule has 0 aliphatic rings. The molecule has 0 bridgehead atoms. The van der Waals surface area contributed by atoms with E-state index in [-0.39, 0.29) is 6.42 Å². The van der Waals surface area contributed by atoms with Crippen LogP contribution in [0.25, 0.3) is 0 Å². The second-order valence-electron chi connectivity index (χ2n) is 4.16. The molecule has 0 spiro atoms. The number of carboxylic acids is 1. The lowest BCUT2D eigenvalue weighted by atomic mass is 10.1. The van der Waals surface area contributed by atoms with Gasteiger partial charge in [-0.2, -0.15) is 0 Å². The molecule has 1 unspecified atom stereocenters. The molecule has 1 aromatic rings. The Kier molecular flexibility index (Phi) is 4.99. The Hall–Kier alpha value is -1.35. The zero-order chi connectivity index (χ0) is 12.0. The molecule has 88 valence electrons. The van der Waals surface area contributed by atoms with Crippen molar-refractivity contribution >= 4 is 5.97 Å². The van der Waals surface area contributed by atoms with Gasteiger partial charge in [0.05, 0.1) is 6.42 Å². The molecule has 3 nitrogen and oxygen atoms in total. The smallest absolute Gasteiger partial charge is 0.304 e. The van der Waals surface area contributed by atoms with Crippen LogP contribution >= 0.6 is 0 Å². The highest BCUT2D eigenvalue weighted by atomic mass is 16.4. The summed E-state index contributed by atoms with van der Waals surface area (Å²) in [5, 5.41) is 8.61. The van der Waals surface area contributed by atoms with Gasteiger partial charge < -0.3 is 10.0 Å². The van der Waals surface area contributed by atoms with E-state index in [1.165, 1.54) is 5.56 Å². The summed E-state index contributed by atoms with van der Waals surface area (Å²) in [6.07, 6.45) is 1.16. The Labute approximate surface area is 96.7 Å². The van der Waals surface area contributed by atoms with Crippen molar-refractivity contribution in [2.45, 2.75) is 25.8 Å². The minimum absolute atomic E-state index is 0.204. The Morgan fingerprint density at radius 3 is 2.56 bits per heavy atom. The number of nitrogens with zero attached hydrogens (tertiary/aromatic N) is 1. The third kappa shape index (κ3) is 4.45. The van der Waals surface area contributed by atoms with Gasteiger partial charge in [-0.15, -0.1) is 0 Å². The van der Waals surface area contributed by atoms with Gasteiger partial charge in [0.1, 0.15) is 0 Å². The van der Waals surface area contributed by atoms with Crippen molar-refractivity contribution in [2.75, 3.05) is 13.6 Å². The van der Waals surface area contributed by atoms with Gasteiger partial charge in [-0.3, -0.25) is 4.79 Å². The van der Waals surface area contributed by atoms with E-state index in [0.29, 0.717) is 12.6 Å². The Bertz CT molecular complexity index is 324. The van der Waals surface area contributed by atoms with E-state index in [2.05, 4.69) is 24.0 Å². The first-order valence-electron chi connectivity index (χ1n) is 5.55. The lowest BCUT2D eigenvalue weighted by molar-refractivity contribution is -0.137. The maximum Gasteiger partial charge on any atom is 0.304 e. The Morgan fingerprint density at radius 1 is 1.38 bits per heavy atom. The molecule has 0 saturated heterocycles. The molecule has 3 heteroatoms. The van der Waals surface area contributed by atoms with Crippen LogP contribution in [0.1, 0.15) is 18.9 Å². The molecule has 0 fully saturated rings. The third-order valence-electron chi connectivity index (χ3n) is 2.80. The fraction of sp³-hybridized carbons (Fsp3) is 0.462. The number of carboxylic acid groups (broad SMARTS) is 1. The largest absolute Gasteiger partial charge is 0.481 e. The molecule has 1 N–H and O–H groups in total. The monoisotopic (exact) mass is 221 g/mol. The van der Waals surface area contributed by atoms with E-state index in [1.54, 1.807) is 0 Å². The van der Waals surface area contributed by atoms with Gasteiger partial charge in [0.25, 0.3) is 0 Å². The minimum atomic E-state index is -0.737. The number of rotatable bonds is 6. The van der Waals surface area contributed by atoms with Gasteiger partial charge in [0, 0.05) is 12.6 Å². The summed E-state index contributed by atoms with van der Waals surface area (Å²) in [4.78, 5) is 12.5. The zero-order valence-electron chi connectivity index (χ0n) is 9.89. The number of hydrogen-bond donors (Lipinski definition) is 1. The van der Waals surface area contributed by atoms with Gasteiger partial charge in [-0.05, 0) is 26.0 Å². The standard InChI is InChI=1S/C13H19NO2/c1-11(14(2)9-8-13(15)16)10-12-6-4-3-5-7-12/h3-7,11H,8-10H2,1-2H3,(H,15,16). The van der Waals surface area contributed by atoms with Crippen LogP contribution in [0.4, 0.5) is 0 Å². The number of likely N-dealkylation sites (N-methyl/N-ethyl adjacent to an activating group) is 1. The first kappa shape index (κ1) is 12.7. The molecular formula is C13H19NO2. The summed E-state index contributed by atoms with van der Waals surface area (Å²) in [6.45, 7) is 2.72. The van der Waals surface area contributed by atoms with Crippen molar-refractivity contribution in [3.05, 3.63) is 35.9 Å². The van der Waals surface area contributed by atoms with Crippen LogP contribution in [0.15, 0.2) is 30.3 Å². The lowest BCUT2D eigenvalue weighted by Crippen LogP contribution is -2.32. The van der Waals surface area contributed by atoms with Crippen molar-refractivity contribution in [3.8, 4) is 0 Å². The summed E-state index contributed by atoms with van der Waals surface area (Å²) in [5.74, 6) is -0.737. The molecular weight excluding hydrogens is 202 g/mol. The molecule has 0 heterocycles. The molecule has 0 aliphatic carbocycles. The molecule has 0 aliphatic heterocycles. The SMILES string of the molecule is CC(Cc1ccccc1)N(C)CCC(=O)O. The van der Waals surface area contributed by atoms with E-state index in [4.69, 9.17) is 5.11 Å². The predicted octanol–water partition coefficient (Wildman–Crippen LogP) is 2.02. The maximum absolute atomic E-state index is 10.5. The van der Waals surface area contributed by atoms with Gasteiger partial charge in [0.15, 0.2) is 0 Å². The van der Waals surface area contributed by atoms with Crippen LogP contribution in [0.5, 0.6) is 0 Å². The van der Waals surface area contributed by atoms with Crippen LogP contribution in [0.2, 0.25) is 0 Å². The van der Waals surface area contributed by atoms with Crippen LogP contribution in [-0.2, 0) is 11.2 Å². The van der Waals surface area contributed by atoms with Crippen molar-refractivity contribution < 1.29 is 9.90 Å². The first-order valence-corrected chi connectivity index (χ1v) is 5.55. The van der Waals surface area contributed by atoms with Crippen molar-refractivity contribution in [1.82, 2.24) is 4.90 Å². The molecule has 16 heavy (non-hydrogen) atoms. The Morgan fingerprint density at radius 2 is 2.00 bits per heavy atom. The molecule has 0 amide bonds. The molecule has 1 rings (SSSR count). The highest BCUT2D eigenvalue weighted by molar-refractivity contribution is 5.66. The molecule has 1 aromatic carbocycles. The second kappa shape index (κ2) is 6.28. The van der Waals surface area contributed by atoms with Gasteiger partial charge >= 0.3 is 5.97 Å². The fourth-order valence-corrected chi connectivity index (χ4v) is 1.60. The van der Waals surface area contributed by atoms with Crippen molar-refractivity contribution in [3.63, 3.8) is 0 Å². The summed E-state index contributed by atoms with van der Waals surface area (Å²) in [6, 6.07) is 10.6. The fourth-order valence-electron chi connectivity index (χ4n) is 1.60. The Balaban J connectivity index is 2.39. The van der Waals surface area contributed by atoms with Crippen LogP contribution < -0.4 is 0 Å². The highest BCUT2D eigenvalue weighted by Crippen LogP contribution is 2.07. The second-order valence-corrected chi connectivity index (χ2v) is 4.16. The quantitative estimate of drug-likeness (QED) is 0.799. The summed E-state index contributed by atoms with van der Waals surface area (Å²) >= 11 is 0. The van der Waals surface area contributed by atoms with Crippen LogP contribution in [0, 0.1) is 0 Å². The third-order valence-corrected chi connectivity index (χ3v) is 2.80. The zero-order valence-corrected chi connectivity index (χ0v) is 9.89. The number of hydrogen-bond acceptors (Lipinski definition) is 2. The molecule has 1 atom stereocenters. The maximum atomic E-state index is 10.5.